The first-order valence-electron chi connectivity index (χ1n) is 14.9. The molecular formula is C32H36N6O5. The van der Waals surface area contributed by atoms with Gasteiger partial charge in [0.1, 0.15) is 5.82 Å². The molecule has 0 spiro atoms. The molecule has 11 nitrogen and oxygen atoms in total. The zero-order valence-electron chi connectivity index (χ0n) is 24.5. The monoisotopic (exact) mass is 584 g/mol. The minimum atomic E-state index is -0.601. The van der Waals surface area contributed by atoms with Crippen LogP contribution in [0.4, 0.5) is 0 Å². The topological polar surface area (TPSA) is 141 Å². The Hall–Kier alpha value is -4.35. The molecule has 3 aromatic heterocycles. The number of rotatable bonds is 10. The number of nitrogens with one attached hydrogen (secondary N) is 1. The fraction of sp³-hybridized carbons (Fsp3) is 0.406. The molecule has 0 amide bonds. The summed E-state index contributed by atoms with van der Waals surface area (Å²) in [6, 6.07) is 15.8. The summed E-state index contributed by atoms with van der Waals surface area (Å²) in [5.74, 6) is 1.02. The number of aliphatic hydroxyl groups excluding tert-OH is 1. The number of aliphatic hydroxyl groups is 1. The van der Waals surface area contributed by atoms with Gasteiger partial charge in [-0.05, 0) is 55.7 Å². The Morgan fingerprint density at radius 1 is 1.05 bits per heavy atom. The van der Waals surface area contributed by atoms with Gasteiger partial charge in [-0.15, -0.1) is 0 Å². The minimum absolute atomic E-state index is 0.00357. The highest BCUT2D eigenvalue weighted by Crippen LogP contribution is 2.32. The molecule has 224 valence electrons. The van der Waals surface area contributed by atoms with E-state index in [1.165, 1.54) is 0 Å². The van der Waals surface area contributed by atoms with Crippen LogP contribution in [0.5, 0.6) is 0 Å². The van der Waals surface area contributed by atoms with Crippen molar-refractivity contribution in [2.75, 3.05) is 13.2 Å². The van der Waals surface area contributed by atoms with Crippen LogP contribution in [-0.4, -0.2) is 53.7 Å². The lowest BCUT2D eigenvalue weighted by molar-refractivity contribution is 0.00158. The summed E-state index contributed by atoms with van der Waals surface area (Å²) in [5.41, 5.74) is 5.28. The molecule has 0 saturated heterocycles. The van der Waals surface area contributed by atoms with Crippen molar-refractivity contribution in [3.05, 3.63) is 92.1 Å². The molecule has 11 heteroatoms. The van der Waals surface area contributed by atoms with E-state index < -0.39 is 5.76 Å². The number of ether oxygens (including phenoxy) is 1. The van der Waals surface area contributed by atoms with Crippen LogP contribution in [0, 0.1) is 6.92 Å². The molecule has 2 N–H and O–H groups in total. The molecule has 0 unspecified atom stereocenters. The largest absolute Gasteiger partial charge is 0.439 e. The number of H-pyrrole nitrogens is 1. The van der Waals surface area contributed by atoms with Crippen LogP contribution in [0.15, 0.2) is 62.6 Å². The Balaban J connectivity index is 1.35. The molecule has 3 heterocycles. The van der Waals surface area contributed by atoms with E-state index in [1.807, 2.05) is 64.5 Å². The molecular weight excluding hydrogens is 548 g/mol. The Morgan fingerprint density at radius 2 is 1.79 bits per heavy atom. The molecule has 0 atom stereocenters. The second kappa shape index (κ2) is 12.5. The van der Waals surface area contributed by atoms with Crippen molar-refractivity contribution in [1.29, 1.82) is 0 Å². The van der Waals surface area contributed by atoms with E-state index in [9.17, 15) is 9.59 Å². The summed E-state index contributed by atoms with van der Waals surface area (Å²) in [7, 11) is 0. The maximum absolute atomic E-state index is 14.3. The van der Waals surface area contributed by atoms with Crippen molar-refractivity contribution in [2.45, 2.75) is 70.9 Å². The molecule has 1 aliphatic rings. The summed E-state index contributed by atoms with van der Waals surface area (Å²) in [6.07, 6.45) is 5.41. The highest BCUT2D eigenvalue weighted by atomic mass is 16.5. The van der Waals surface area contributed by atoms with Gasteiger partial charge in [0, 0.05) is 23.6 Å². The summed E-state index contributed by atoms with van der Waals surface area (Å²) < 4.78 is 14.2. The van der Waals surface area contributed by atoms with Gasteiger partial charge in [-0.2, -0.15) is 10.1 Å². The maximum Gasteiger partial charge on any atom is 0.439 e. The number of aromatic nitrogens is 6. The number of aromatic amines is 1. The molecule has 2 aromatic carbocycles. The smallest absolute Gasteiger partial charge is 0.394 e. The van der Waals surface area contributed by atoms with Crippen LogP contribution in [0.2, 0.25) is 0 Å². The predicted octanol–water partition coefficient (Wildman–Crippen LogP) is 4.25. The lowest BCUT2D eigenvalue weighted by Crippen LogP contribution is -2.35. The van der Waals surface area contributed by atoms with Gasteiger partial charge in [0.25, 0.3) is 5.56 Å². The lowest BCUT2D eigenvalue weighted by Gasteiger charge is -2.30. The van der Waals surface area contributed by atoms with Crippen LogP contribution < -0.4 is 11.3 Å². The van der Waals surface area contributed by atoms with Crippen LogP contribution in [0.3, 0.4) is 0 Å². The lowest BCUT2D eigenvalue weighted by atomic mass is 9.92. The van der Waals surface area contributed by atoms with Crippen molar-refractivity contribution < 1.29 is 14.4 Å². The fourth-order valence-electron chi connectivity index (χ4n) is 6.21. The summed E-state index contributed by atoms with van der Waals surface area (Å²) in [5, 5.41) is 17.7. The van der Waals surface area contributed by atoms with Gasteiger partial charge in [-0.1, -0.05) is 67.0 Å². The number of nitrogens with zero attached hydrogens (tertiary/aromatic N) is 5. The van der Waals surface area contributed by atoms with E-state index >= 15 is 0 Å². The maximum atomic E-state index is 14.3. The SMILES string of the molecule is CCCc1c(Cc2ccc(-c3ccccc3-c3noc(=O)[nH]3)cc2)c(=O)n(C2CCC(OCCO)CC2)c2nc(C)nn12. The molecule has 43 heavy (non-hydrogen) atoms. The third-order valence-electron chi connectivity index (χ3n) is 8.20. The Bertz CT molecular complexity index is 1830. The standard InChI is InChI=1S/C32H36N6O5/c1-3-6-28-27(19-21-9-11-22(12-10-21)25-7-4-5-8-26(25)29-34-32(41)43-36-29)30(40)37(31-33-20(2)35-38(28)31)23-13-15-24(16-14-23)42-18-17-39/h4-5,7-12,23-24,39H,3,6,13-19H2,1-2H3,(H,34,36,41). The van der Waals surface area contributed by atoms with Gasteiger partial charge in [-0.25, -0.2) is 9.31 Å². The number of fused-ring (bicyclic) bond motifs is 1. The first kappa shape index (κ1) is 28.8. The number of hydrogen-bond donors (Lipinski definition) is 2. The van der Waals surface area contributed by atoms with E-state index in [1.54, 1.807) is 0 Å². The molecule has 5 aromatic rings. The second-order valence-corrected chi connectivity index (χ2v) is 11.1. The van der Waals surface area contributed by atoms with Gasteiger partial charge in [0.15, 0.2) is 5.82 Å². The van der Waals surface area contributed by atoms with E-state index in [2.05, 4.69) is 17.1 Å². The van der Waals surface area contributed by atoms with Crippen molar-refractivity contribution in [1.82, 2.24) is 29.3 Å². The van der Waals surface area contributed by atoms with Crippen LogP contribution in [0.1, 0.15) is 67.7 Å². The molecule has 1 fully saturated rings. The average Bonchev–Trinajstić information content (AvgIpc) is 3.64. The predicted molar refractivity (Wildman–Crippen MR) is 161 cm³/mol. The molecule has 0 aliphatic heterocycles. The molecule has 1 saturated carbocycles. The molecule has 1 aliphatic carbocycles. The summed E-state index contributed by atoms with van der Waals surface area (Å²) in [4.78, 5) is 33.2. The van der Waals surface area contributed by atoms with Gasteiger partial charge in [0.05, 0.1) is 25.0 Å². The average molecular weight is 585 g/mol. The van der Waals surface area contributed by atoms with E-state index in [0.29, 0.717) is 36.9 Å². The number of aryl methyl sites for hydroxylation is 2. The minimum Gasteiger partial charge on any atom is -0.394 e. The van der Waals surface area contributed by atoms with Crippen molar-refractivity contribution in [3.63, 3.8) is 0 Å². The summed E-state index contributed by atoms with van der Waals surface area (Å²) in [6.45, 7) is 4.31. The molecule has 0 radical (unpaired) electrons. The first-order chi connectivity index (χ1) is 21.0. The van der Waals surface area contributed by atoms with E-state index in [-0.39, 0.29) is 24.3 Å². The van der Waals surface area contributed by atoms with Crippen molar-refractivity contribution in [3.8, 4) is 22.5 Å². The first-order valence-corrected chi connectivity index (χ1v) is 14.9. The zero-order valence-corrected chi connectivity index (χ0v) is 24.5. The number of hydrogen-bond acceptors (Lipinski definition) is 8. The van der Waals surface area contributed by atoms with E-state index in [0.717, 1.165) is 65.6 Å². The second-order valence-electron chi connectivity index (χ2n) is 11.1. The third-order valence-corrected chi connectivity index (χ3v) is 8.20. The van der Waals surface area contributed by atoms with Crippen molar-refractivity contribution in [2.24, 2.45) is 0 Å². The van der Waals surface area contributed by atoms with Crippen LogP contribution in [-0.2, 0) is 17.6 Å². The molecule has 6 rings (SSSR count). The normalized spacial score (nSPS) is 17.1. The molecule has 0 bridgehead atoms. The van der Waals surface area contributed by atoms with E-state index in [4.69, 9.17) is 24.4 Å². The summed E-state index contributed by atoms with van der Waals surface area (Å²) >= 11 is 0. The van der Waals surface area contributed by atoms with Gasteiger partial charge in [0.2, 0.25) is 5.78 Å². The van der Waals surface area contributed by atoms with Crippen LogP contribution in [0.25, 0.3) is 28.3 Å². The highest BCUT2D eigenvalue weighted by molar-refractivity contribution is 5.80. The van der Waals surface area contributed by atoms with Crippen LogP contribution >= 0.6 is 0 Å². The Kier molecular flexibility index (Phi) is 8.35. The van der Waals surface area contributed by atoms with Gasteiger partial charge >= 0.3 is 5.76 Å². The Morgan fingerprint density at radius 3 is 2.47 bits per heavy atom. The fourth-order valence-corrected chi connectivity index (χ4v) is 6.21. The zero-order chi connectivity index (χ0) is 29.9. The van der Waals surface area contributed by atoms with Crippen molar-refractivity contribution >= 4 is 5.78 Å². The van der Waals surface area contributed by atoms with Gasteiger partial charge in [-0.3, -0.25) is 18.9 Å². The quantitative estimate of drug-likeness (QED) is 0.248. The number of benzene rings is 2. The highest BCUT2D eigenvalue weighted by Gasteiger charge is 2.28. The third kappa shape index (κ3) is 5.82. The Labute approximate surface area is 248 Å². The van der Waals surface area contributed by atoms with Gasteiger partial charge < -0.3 is 9.84 Å².